The Balaban J connectivity index is 1.96. The van der Waals surface area contributed by atoms with E-state index in [1.54, 1.807) is 7.05 Å². The maximum absolute atomic E-state index is 13.6. The third-order valence-corrected chi connectivity index (χ3v) is 7.10. The van der Waals surface area contributed by atoms with Crippen LogP contribution in [0.15, 0.2) is 4.79 Å². The molecule has 0 spiro atoms. The van der Waals surface area contributed by atoms with Crippen molar-refractivity contribution >= 4 is 27.3 Å². The zero-order valence-corrected chi connectivity index (χ0v) is 20.1. The number of carbonyl (C=O) groups excluding carboxylic acids is 1. The fourth-order valence-electron chi connectivity index (χ4n) is 4.16. The van der Waals surface area contributed by atoms with Gasteiger partial charge in [0.05, 0.1) is 33.6 Å². The molecule has 1 aliphatic rings. The summed E-state index contributed by atoms with van der Waals surface area (Å²) in [6, 6.07) is 0. The summed E-state index contributed by atoms with van der Waals surface area (Å²) >= 11 is 1.45. The zero-order valence-electron chi connectivity index (χ0n) is 19.3. The second kappa shape index (κ2) is 8.42. The van der Waals surface area contributed by atoms with Gasteiger partial charge < -0.3 is 5.11 Å². The van der Waals surface area contributed by atoms with Crippen LogP contribution in [0.25, 0.3) is 10.1 Å². The van der Waals surface area contributed by atoms with E-state index in [0.717, 1.165) is 32.2 Å². The molecule has 4 heterocycles. The fourth-order valence-corrected chi connectivity index (χ4v) is 5.45. The van der Waals surface area contributed by atoms with Crippen molar-refractivity contribution in [2.45, 2.75) is 46.6 Å². The molecule has 1 fully saturated rings. The van der Waals surface area contributed by atoms with Crippen molar-refractivity contribution in [3.05, 3.63) is 43.4 Å². The van der Waals surface area contributed by atoms with Gasteiger partial charge in [-0.25, -0.2) is 9.75 Å². The number of carbonyl (C=O) groups is 1. The largest absolute Gasteiger partial charge is 0.389 e. The van der Waals surface area contributed by atoms with E-state index in [4.69, 9.17) is 4.84 Å². The van der Waals surface area contributed by atoms with Gasteiger partial charge in [0, 0.05) is 36.7 Å². The van der Waals surface area contributed by atoms with Crippen LogP contribution < -0.4 is 5.56 Å². The first kappa shape index (κ1) is 22.6. The summed E-state index contributed by atoms with van der Waals surface area (Å²) in [6.07, 6.45) is 0.436. The molecule has 1 atom stereocenters. The van der Waals surface area contributed by atoms with Gasteiger partial charge in [-0.3, -0.25) is 19.1 Å². The SMILES string of the molecule is Cc1nn(C)c(C)c1Cc1sc2c(CC(C)C)nn(C)c(=O)c2c1C(=O)N1CC(O)CO1. The molecule has 3 aromatic rings. The minimum absolute atomic E-state index is 0.0577. The lowest BCUT2D eigenvalue weighted by atomic mass is 10.0. The van der Waals surface area contributed by atoms with Crippen LogP contribution in [0.2, 0.25) is 0 Å². The lowest BCUT2D eigenvalue weighted by molar-refractivity contribution is -0.0778. The number of nitrogens with zero attached hydrogens (tertiary/aromatic N) is 5. The third kappa shape index (κ3) is 3.87. The minimum atomic E-state index is -0.740. The zero-order chi connectivity index (χ0) is 23.3. The molecule has 172 valence electrons. The summed E-state index contributed by atoms with van der Waals surface area (Å²) in [7, 11) is 3.51. The molecule has 10 heteroatoms. The Bertz CT molecular complexity index is 1260. The average Bonchev–Trinajstić information content (AvgIpc) is 3.38. The van der Waals surface area contributed by atoms with E-state index in [1.807, 2.05) is 25.6 Å². The molecule has 1 saturated heterocycles. The molecule has 0 radical (unpaired) electrons. The van der Waals surface area contributed by atoms with Crippen molar-refractivity contribution in [2.24, 2.45) is 20.0 Å². The van der Waals surface area contributed by atoms with Gasteiger partial charge in [0.15, 0.2) is 0 Å². The van der Waals surface area contributed by atoms with Crippen LogP contribution in [0.4, 0.5) is 0 Å². The number of aryl methyl sites for hydroxylation is 3. The highest BCUT2D eigenvalue weighted by molar-refractivity contribution is 7.19. The average molecular weight is 460 g/mol. The Hall–Kier alpha value is -2.56. The summed E-state index contributed by atoms with van der Waals surface area (Å²) in [5.74, 6) is -0.0615. The molecule has 0 aliphatic carbocycles. The Morgan fingerprint density at radius 2 is 1.97 bits per heavy atom. The van der Waals surface area contributed by atoms with E-state index in [0.29, 0.717) is 29.7 Å². The van der Waals surface area contributed by atoms with Crippen molar-refractivity contribution < 1.29 is 14.7 Å². The van der Waals surface area contributed by atoms with Crippen LogP contribution in [0.3, 0.4) is 0 Å². The molecule has 4 rings (SSSR count). The lowest BCUT2D eigenvalue weighted by Crippen LogP contribution is -2.31. The van der Waals surface area contributed by atoms with E-state index in [1.165, 1.54) is 21.1 Å². The first-order valence-electron chi connectivity index (χ1n) is 10.7. The normalized spacial score (nSPS) is 16.6. The van der Waals surface area contributed by atoms with E-state index in [2.05, 4.69) is 24.0 Å². The van der Waals surface area contributed by atoms with Gasteiger partial charge in [-0.05, 0) is 26.2 Å². The highest BCUT2D eigenvalue weighted by atomic mass is 32.1. The topological polar surface area (TPSA) is 102 Å². The molecule has 0 saturated carbocycles. The number of hydrogen-bond acceptors (Lipinski definition) is 7. The van der Waals surface area contributed by atoms with Gasteiger partial charge in [-0.1, -0.05) is 13.8 Å². The van der Waals surface area contributed by atoms with Crippen molar-refractivity contribution in [1.29, 1.82) is 0 Å². The number of aromatic nitrogens is 4. The number of β-amino-alcohol motifs (C(OH)–C–C–N with tert-alkyl or cyclic N) is 1. The van der Waals surface area contributed by atoms with Gasteiger partial charge >= 0.3 is 0 Å². The van der Waals surface area contributed by atoms with Crippen molar-refractivity contribution in [3.8, 4) is 0 Å². The number of thiophene rings is 1. The first-order valence-corrected chi connectivity index (χ1v) is 11.5. The number of rotatable bonds is 5. The second-order valence-electron chi connectivity index (χ2n) is 8.84. The molecule has 1 amide bonds. The maximum atomic E-state index is 13.6. The summed E-state index contributed by atoms with van der Waals surface area (Å²) in [5, 5.41) is 20.4. The van der Waals surface area contributed by atoms with Gasteiger partial charge in [-0.2, -0.15) is 10.2 Å². The maximum Gasteiger partial charge on any atom is 0.279 e. The van der Waals surface area contributed by atoms with Crippen molar-refractivity contribution in [1.82, 2.24) is 24.6 Å². The van der Waals surface area contributed by atoms with E-state index in [-0.39, 0.29) is 18.7 Å². The molecule has 0 aromatic carbocycles. The number of hydrogen-bond donors (Lipinski definition) is 1. The van der Waals surface area contributed by atoms with Crippen LogP contribution >= 0.6 is 11.3 Å². The Morgan fingerprint density at radius 1 is 1.25 bits per heavy atom. The molecular weight excluding hydrogens is 430 g/mol. The number of aliphatic hydroxyl groups is 1. The quantitative estimate of drug-likeness (QED) is 0.625. The summed E-state index contributed by atoms with van der Waals surface area (Å²) in [6.45, 7) is 8.27. The minimum Gasteiger partial charge on any atom is -0.389 e. The van der Waals surface area contributed by atoms with Crippen LogP contribution in [0.1, 0.15) is 51.7 Å². The van der Waals surface area contributed by atoms with Crippen LogP contribution in [-0.2, 0) is 31.8 Å². The molecule has 3 aromatic heterocycles. The van der Waals surface area contributed by atoms with E-state index >= 15 is 0 Å². The standard InChI is InChI=1S/C22H29N5O4S/c1-11(2)7-16-20-19(21(29)26(6)24-16)18(22(30)27-9-14(28)10-31-27)17(32-20)8-15-12(3)23-25(5)13(15)4/h11,14,28H,7-10H2,1-6H3. The second-order valence-corrected chi connectivity index (χ2v) is 9.95. The van der Waals surface area contributed by atoms with Crippen molar-refractivity contribution in [2.75, 3.05) is 13.2 Å². The van der Waals surface area contributed by atoms with E-state index in [9.17, 15) is 14.7 Å². The summed E-state index contributed by atoms with van der Waals surface area (Å²) in [4.78, 5) is 33.0. The highest BCUT2D eigenvalue weighted by Gasteiger charge is 2.33. The fraction of sp³-hybridized carbons (Fsp3) is 0.545. The lowest BCUT2D eigenvalue weighted by Gasteiger charge is -2.15. The summed E-state index contributed by atoms with van der Waals surface area (Å²) in [5.41, 5.74) is 3.78. The smallest absolute Gasteiger partial charge is 0.279 e. The van der Waals surface area contributed by atoms with Gasteiger partial charge in [-0.15, -0.1) is 11.3 Å². The van der Waals surface area contributed by atoms with Gasteiger partial charge in [0.2, 0.25) is 0 Å². The van der Waals surface area contributed by atoms with Gasteiger partial charge in [0.25, 0.3) is 11.5 Å². The van der Waals surface area contributed by atoms with Crippen molar-refractivity contribution in [3.63, 3.8) is 0 Å². The number of aliphatic hydroxyl groups excluding tert-OH is 1. The molecule has 0 bridgehead atoms. The highest BCUT2D eigenvalue weighted by Crippen LogP contribution is 2.35. The molecule has 9 nitrogen and oxygen atoms in total. The predicted octanol–water partition coefficient (Wildman–Crippen LogP) is 1.88. The Kier molecular flexibility index (Phi) is 5.95. The van der Waals surface area contributed by atoms with Gasteiger partial charge in [0.1, 0.15) is 12.7 Å². The summed E-state index contributed by atoms with van der Waals surface area (Å²) < 4.78 is 3.89. The molecule has 1 aliphatic heterocycles. The Labute approximate surface area is 190 Å². The molecular formula is C22H29N5O4S. The predicted molar refractivity (Wildman–Crippen MR) is 122 cm³/mol. The van der Waals surface area contributed by atoms with Crippen LogP contribution in [-0.4, -0.2) is 54.9 Å². The monoisotopic (exact) mass is 459 g/mol. The molecule has 1 unspecified atom stereocenters. The molecule has 32 heavy (non-hydrogen) atoms. The number of hydroxylamine groups is 2. The first-order chi connectivity index (χ1) is 15.1. The van der Waals surface area contributed by atoms with Crippen LogP contribution in [0, 0.1) is 19.8 Å². The Morgan fingerprint density at radius 3 is 2.53 bits per heavy atom. The number of amides is 1. The van der Waals surface area contributed by atoms with E-state index < -0.39 is 12.0 Å². The molecule has 1 N–H and O–H groups in total. The number of fused-ring (bicyclic) bond motifs is 1. The third-order valence-electron chi connectivity index (χ3n) is 5.86. The van der Waals surface area contributed by atoms with Crippen LogP contribution in [0.5, 0.6) is 0 Å².